The van der Waals surface area contributed by atoms with Gasteiger partial charge < -0.3 is 24.6 Å². The maximum atomic E-state index is 12.2. The number of carboxylic acids is 1. The molecule has 1 unspecified atom stereocenters. The van der Waals surface area contributed by atoms with Crippen molar-refractivity contribution >= 4 is 17.6 Å². The number of ether oxygens (including phenoxy) is 3. The number of hydrogen-bond acceptors (Lipinski definition) is 6. The van der Waals surface area contributed by atoms with Crippen LogP contribution in [0.2, 0.25) is 0 Å². The van der Waals surface area contributed by atoms with E-state index in [9.17, 15) is 27.9 Å². The van der Waals surface area contributed by atoms with Gasteiger partial charge in [-0.15, -0.1) is 13.2 Å². The molecule has 3 aromatic rings. The molecular weight excluding hydrogens is 479 g/mol. The molecule has 0 spiro atoms. The van der Waals surface area contributed by atoms with E-state index in [1.54, 1.807) is 48.5 Å². The molecule has 36 heavy (non-hydrogen) atoms. The van der Waals surface area contributed by atoms with Gasteiger partial charge in [0.05, 0.1) is 19.3 Å². The zero-order valence-corrected chi connectivity index (χ0v) is 19.2. The number of carbonyl (C=O) groups is 2. The van der Waals surface area contributed by atoms with Crippen molar-refractivity contribution in [1.29, 1.82) is 0 Å². The number of para-hydroxylation sites is 1. The van der Waals surface area contributed by atoms with E-state index in [0.29, 0.717) is 24.5 Å². The molecule has 2 N–H and O–H groups in total. The topological polar surface area (TPSA) is 94.1 Å². The number of carbonyl (C=O) groups excluding carboxylic acids is 1. The van der Waals surface area contributed by atoms with Gasteiger partial charge in [-0.1, -0.05) is 36.4 Å². The predicted molar refractivity (Wildman–Crippen MR) is 125 cm³/mol. The Bertz CT molecular complexity index is 1160. The molecule has 0 fully saturated rings. The van der Waals surface area contributed by atoms with Crippen molar-refractivity contribution in [2.45, 2.75) is 25.2 Å². The number of nitrogens with one attached hydrogen (secondary N) is 1. The first-order valence-electron chi connectivity index (χ1n) is 10.9. The lowest BCUT2D eigenvalue weighted by atomic mass is 10.0. The van der Waals surface area contributed by atoms with E-state index in [2.05, 4.69) is 10.1 Å². The molecule has 0 heterocycles. The average molecular weight is 503 g/mol. The molecule has 0 aliphatic rings. The fourth-order valence-electron chi connectivity index (χ4n) is 3.39. The van der Waals surface area contributed by atoms with Crippen LogP contribution in [0.1, 0.15) is 21.5 Å². The number of rotatable bonds is 11. The largest absolute Gasteiger partial charge is 0.573 e. The van der Waals surface area contributed by atoms with E-state index >= 15 is 0 Å². The number of benzene rings is 3. The second-order valence-corrected chi connectivity index (χ2v) is 7.71. The van der Waals surface area contributed by atoms with Crippen LogP contribution in [0, 0.1) is 0 Å². The Hall–Kier alpha value is -4.21. The van der Waals surface area contributed by atoms with Gasteiger partial charge in [-0.25, -0.2) is 9.59 Å². The molecule has 0 saturated carbocycles. The van der Waals surface area contributed by atoms with Crippen molar-refractivity contribution in [2.24, 2.45) is 0 Å². The van der Waals surface area contributed by atoms with Gasteiger partial charge in [0, 0.05) is 18.5 Å². The van der Waals surface area contributed by atoms with Crippen molar-refractivity contribution in [3.8, 4) is 11.5 Å². The van der Waals surface area contributed by atoms with E-state index in [1.807, 2.05) is 0 Å². The summed E-state index contributed by atoms with van der Waals surface area (Å²) >= 11 is 0. The molecular formula is C26H24F3NO6. The molecule has 0 saturated heterocycles. The van der Waals surface area contributed by atoms with Gasteiger partial charge in [0.2, 0.25) is 0 Å². The van der Waals surface area contributed by atoms with E-state index in [0.717, 1.165) is 11.1 Å². The van der Waals surface area contributed by atoms with Crippen LogP contribution < -0.4 is 14.8 Å². The molecule has 3 rings (SSSR count). The van der Waals surface area contributed by atoms with E-state index < -0.39 is 24.3 Å². The first-order valence-corrected chi connectivity index (χ1v) is 10.9. The second kappa shape index (κ2) is 12.0. The number of esters is 1. The number of carboxylic acid groups (broad SMARTS) is 1. The Morgan fingerprint density at radius 2 is 1.53 bits per heavy atom. The second-order valence-electron chi connectivity index (χ2n) is 7.71. The molecule has 3 aromatic carbocycles. The Labute approximate surface area is 205 Å². The fraction of sp³-hybridized carbons (Fsp3) is 0.231. The standard InChI is InChI=1S/C26H24F3NO6/c1-34-25(33)21-4-2-3-5-22(21)30-23(24(31)32)16-18-8-10-19(11-9-18)35-15-14-17-6-12-20(13-7-17)36-26(27,28)29/h2-13,23,30H,14-16H2,1H3,(H,31,32). The third-order valence-corrected chi connectivity index (χ3v) is 5.14. The summed E-state index contributed by atoms with van der Waals surface area (Å²) in [7, 11) is 1.25. The van der Waals surface area contributed by atoms with Crippen molar-refractivity contribution < 1.29 is 42.1 Å². The van der Waals surface area contributed by atoms with Crippen LogP contribution in [-0.2, 0) is 22.4 Å². The molecule has 0 aliphatic heterocycles. The van der Waals surface area contributed by atoms with Crippen molar-refractivity contribution in [3.05, 3.63) is 89.5 Å². The maximum absolute atomic E-state index is 12.2. The average Bonchev–Trinajstić information content (AvgIpc) is 2.84. The van der Waals surface area contributed by atoms with Gasteiger partial charge in [0.15, 0.2) is 0 Å². The highest BCUT2D eigenvalue weighted by Gasteiger charge is 2.31. The monoisotopic (exact) mass is 503 g/mol. The van der Waals surface area contributed by atoms with Gasteiger partial charge in [0.25, 0.3) is 0 Å². The minimum atomic E-state index is -4.73. The number of hydrogen-bond donors (Lipinski definition) is 2. The highest BCUT2D eigenvalue weighted by Crippen LogP contribution is 2.23. The first-order chi connectivity index (χ1) is 17.1. The Morgan fingerprint density at radius 1 is 0.917 bits per heavy atom. The zero-order valence-electron chi connectivity index (χ0n) is 19.2. The normalized spacial score (nSPS) is 11.9. The third kappa shape index (κ3) is 7.93. The van der Waals surface area contributed by atoms with Crippen LogP contribution in [0.4, 0.5) is 18.9 Å². The predicted octanol–water partition coefficient (Wildman–Crippen LogP) is 5.10. The summed E-state index contributed by atoms with van der Waals surface area (Å²) in [6.07, 6.45) is -4.11. The van der Waals surface area contributed by atoms with Crippen LogP contribution in [-0.4, -0.2) is 43.2 Å². The number of aliphatic carboxylic acids is 1. The molecule has 0 aromatic heterocycles. The minimum Gasteiger partial charge on any atom is -0.493 e. The molecule has 0 aliphatic carbocycles. The summed E-state index contributed by atoms with van der Waals surface area (Å²) in [5.41, 5.74) is 2.11. The van der Waals surface area contributed by atoms with Gasteiger partial charge in [-0.05, 0) is 47.5 Å². The Morgan fingerprint density at radius 3 is 2.14 bits per heavy atom. The molecule has 0 bridgehead atoms. The number of alkyl halides is 3. The number of methoxy groups -OCH3 is 1. The van der Waals surface area contributed by atoms with E-state index in [-0.39, 0.29) is 17.7 Å². The zero-order chi connectivity index (χ0) is 26.1. The van der Waals surface area contributed by atoms with E-state index in [1.165, 1.54) is 31.4 Å². The Kier molecular flexibility index (Phi) is 8.77. The summed E-state index contributed by atoms with van der Waals surface area (Å²) in [6, 6.07) is 17.9. The summed E-state index contributed by atoms with van der Waals surface area (Å²) in [4.78, 5) is 23.8. The van der Waals surface area contributed by atoms with Crippen molar-refractivity contribution in [3.63, 3.8) is 0 Å². The molecule has 1 atom stereocenters. The minimum absolute atomic E-state index is 0.150. The summed E-state index contributed by atoms with van der Waals surface area (Å²) in [5.74, 6) is -1.38. The number of anilines is 1. The molecule has 0 amide bonds. The SMILES string of the molecule is COC(=O)c1ccccc1NC(Cc1ccc(OCCc2ccc(OC(F)(F)F)cc2)cc1)C(=O)O. The molecule has 0 radical (unpaired) electrons. The summed E-state index contributed by atoms with van der Waals surface area (Å²) in [5, 5.41) is 12.6. The van der Waals surface area contributed by atoms with Crippen molar-refractivity contribution in [2.75, 3.05) is 19.0 Å². The van der Waals surface area contributed by atoms with Crippen LogP contribution in [0.3, 0.4) is 0 Å². The lowest BCUT2D eigenvalue weighted by Gasteiger charge is -2.18. The lowest BCUT2D eigenvalue weighted by molar-refractivity contribution is -0.274. The molecule has 10 heteroatoms. The van der Waals surface area contributed by atoms with Crippen LogP contribution in [0.25, 0.3) is 0 Å². The summed E-state index contributed by atoms with van der Waals surface area (Å²) < 4.78 is 51.0. The lowest BCUT2D eigenvalue weighted by Crippen LogP contribution is -2.32. The van der Waals surface area contributed by atoms with Gasteiger partial charge >= 0.3 is 18.3 Å². The third-order valence-electron chi connectivity index (χ3n) is 5.14. The van der Waals surface area contributed by atoms with Crippen LogP contribution >= 0.6 is 0 Å². The van der Waals surface area contributed by atoms with E-state index in [4.69, 9.17) is 9.47 Å². The highest BCUT2D eigenvalue weighted by molar-refractivity contribution is 5.96. The van der Waals surface area contributed by atoms with Crippen molar-refractivity contribution in [1.82, 2.24) is 0 Å². The molecule has 190 valence electrons. The van der Waals surface area contributed by atoms with Crippen LogP contribution in [0.5, 0.6) is 11.5 Å². The number of halogens is 3. The van der Waals surface area contributed by atoms with Crippen LogP contribution in [0.15, 0.2) is 72.8 Å². The maximum Gasteiger partial charge on any atom is 0.573 e. The van der Waals surface area contributed by atoms with Gasteiger partial charge in [-0.2, -0.15) is 0 Å². The Balaban J connectivity index is 1.54. The highest BCUT2D eigenvalue weighted by atomic mass is 19.4. The smallest absolute Gasteiger partial charge is 0.493 e. The fourth-order valence-corrected chi connectivity index (χ4v) is 3.39. The van der Waals surface area contributed by atoms with Gasteiger partial charge in [0.1, 0.15) is 17.5 Å². The van der Waals surface area contributed by atoms with Gasteiger partial charge in [-0.3, -0.25) is 0 Å². The quantitative estimate of drug-likeness (QED) is 0.352. The first kappa shape index (κ1) is 26.4. The summed E-state index contributed by atoms with van der Waals surface area (Å²) in [6.45, 7) is 0.294. The molecule has 7 nitrogen and oxygen atoms in total.